The largest absolute Gasteiger partial charge is 0.343 e. The van der Waals surface area contributed by atoms with Gasteiger partial charge in [0.2, 0.25) is 0 Å². The molecule has 0 radical (unpaired) electrons. The van der Waals surface area contributed by atoms with E-state index in [1.807, 2.05) is 0 Å². The quantitative estimate of drug-likeness (QED) is 0.352. The first-order valence-electron chi connectivity index (χ1n) is 11.1. The van der Waals surface area contributed by atoms with Gasteiger partial charge < -0.3 is 4.57 Å². The van der Waals surface area contributed by atoms with Crippen molar-refractivity contribution >= 4 is 10.9 Å². The number of hydrogen-bond donors (Lipinski definition) is 0. The number of hydrogen-bond acceptors (Lipinski definition) is 1. The van der Waals surface area contributed by atoms with Crippen LogP contribution in [-0.2, 0) is 13.1 Å². The van der Waals surface area contributed by atoms with E-state index in [1.165, 1.54) is 51.6 Å². The van der Waals surface area contributed by atoms with E-state index in [0.717, 1.165) is 26.2 Å². The van der Waals surface area contributed by atoms with Gasteiger partial charge in [0.1, 0.15) is 0 Å². The Morgan fingerprint density at radius 1 is 0.966 bits per heavy atom. The van der Waals surface area contributed by atoms with Gasteiger partial charge in [-0.25, -0.2) is 0 Å². The average molecular weight is 389 g/mol. The lowest BCUT2D eigenvalue weighted by molar-refractivity contribution is 0.267. The Bertz CT molecular complexity index is 967. The minimum absolute atomic E-state index is 0.935. The average Bonchev–Trinajstić information content (AvgIpc) is 3.03. The highest BCUT2D eigenvalue weighted by atomic mass is 15.1. The summed E-state index contributed by atoms with van der Waals surface area (Å²) >= 11 is 0. The van der Waals surface area contributed by atoms with Gasteiger partial charge in [-0.2, -0.15) is 0 Å². The zero-order valence-corrected chi connectivity index (χ0v) is 18.8. The number of aryl methyl sites for hydroxylation is 1. The Labute approximate surface area is 176 Å². The molecule has 0 aliphatic rings. The summed E-state index contributed by atoms with van der Waals surface area (Å²) in [5.41, 5.74) is 8.05. The van der Waals surface area contributed by atoms with E-state index < -0.39 is 0 Å². The van der Waals surface area contributed by atoms with Crippen LogP contribution in [0.25, 0.3) is 22.0 Å². The predicted octanol–water partition coefficient (Wildman–Crippen LogP) is 7.20. The topological polar surface area (TPSA) is 8.17 Å². The molecule has 0 amide bonds. The Morgan fingerprint density at radius 3 is 2.34 bits per heavy atom. The molecule has 0 fully saturated rings. The standard InChI is InChI=1S/C27H36N2/c1-6-14-28(15-7-2)19-25-20-29(16-13-21(3)4)27-12-11-24(18-26(25)27)23-10-8-9-22(5)17-23/h8-13,17-18,20H,6-7,14-16,19H2,1-5H3. The number of allylic oxidation sites excluding steroid dienone is 2. The zero-order valence-electron chi connectivity index (χ0n) is 18.8. The first-order valence-corrected chi connectivity index (χ1v) is 11.1. The van der Waals surface area contributed by atoms with Gasteiger partial charge in [0.15, 0.2) is 0 Å². The van der Waals surface area contributed by atoms with E-state index in [1.54, 1.807) is 0 Å². The van der Waals surface area contributed by atoms with Crippen molar-refractivity contribution in [2.75, 3.05) is 13.1 Å². The summed E-state index contributed by atoms with van der Waals surface area (Å²) in [6, 6.07) is 15.8. The van der Waals surface area contributed by atoms with Gasteiger partial charge in [-0.05, 0) is 75.5 Å². The summed E-state index contributed by atoms with van der Waals surface area (Å²) < 4.78 is 2.41. The van der Waals surface area contributed by atoms with E-state index in [-0.39, 0.29) is 0 Å². The monoisotopic (exact) mass is 388 g/mol. The molecule has 2 nitrogen and oxygen atoms in total. The first-order chi connectivity index (χ1) is 14.0. The molecule has 2 aromatic carbocycles. The second-order valence-corrected chi connectivity index (χ2v) is 8.47. The number of rotatable bonds is 9. The predicted molar refractivity (Wildman–Crippen MR) is 127 cm³/mol. The van der Waals surface area contributed by atoms with Gasteiger partial charge in [-0.1, -0.05) is 61.4 Å². The van der Waals surface area contributed by atoms with Crippen molar-refractivity contribution < 1.29 is 0 Å². The molecule has 154 valence electrons. The fraction of sp³-hybridized carbons (Fsp3) is 0.407. The molecule has 0 aliphatic carbocycles. The highest BCUT2D eigenvalue weighted by Gasteiger charge is 2.13. The molecule has 1 heterocycles. The molecule has 0 unspecified atom stereocenters. The lowest BCUT2D eigenvalue weighted by Crippen LogP contribution is -2.24. The Hall–Kier alpha value is -2.32. The summed E-state index contributed by atoms with van der Waals surface area (Å²) in [5, 5.41) is 1.39. The van der Waals surface area contributed by atoms with Gasteiger partial charge in [0, 0.05) is 30.2 Å². The first kappa shape index (κ1) is 21.4. The van der Waals surface area contributed by atoms with Crippen LogP contribution in [-0.4, -0.2) is 22.6 Å². The molecule has 1 aromatic heterocycles. The fourth-order valence-corrected chi connectivity index (χ4v) is 4.08. The third kappa shape index (κ3) is 5.39. The van der Waals surface area contributed by atoms with Crippen molar-refractivity contribution in [3.8, 4) is 11.1 Å². The van der Waals surface area contributed by atoms with Crippen molar-refractivity contribution in [3.63, 3.8) is 0 Å². The molecule has 3 aromatic rings. The molecule has 0 saturated carbocycles. The normalized spacial score (nSPS) is 11.4. The molecule has 0 saturated heterocycles. The number of fused-ring (bicyclic) bond motifs is 1. The number of benzene rings is 2. The summed E-state index contributed by atoms with van der Waals surface area (Å²) in [5.74, 6) is 0. The summed E-state index contributed by atoms with van der Waals surface area (Å²) in [4.78, 5) is 2.60. The van der Waals surface area contributed by atoms with Crippen LogP contribution < -0.4 is 0 Å². The fourth-order valence-electron chi connectivity index (χ4n) is 4.08. The highest BCUT2D eigenvalue weighted by molar-refractivity contribution is 5.88. The molecule has 0 bridgehead atoms. The van der Waals surface area contributed by atoms with E-state index in [0.29, 0.717) is 0 Å². The molecule has 3 rings (SSSR count). The second-order valence-electron chi connectivity index (χ2n) is 8.47. The Morgan fingerprint density at radius 2 is 1.69 bits per heavy atom. The zero-order chi connectivity index (χ0) is 20.8. The third-order valence-corrected chi connectivity index (χ3v) is 5.48. The van der Waals surface area contributed by atoms with Gasteiger partial charge in [0.25, 0.3) is 0 Å². The molecule has 0 N–H and O–H groups in total. The maximum absolute atomic E-state index is 2.60. The van der Waals surface area contributed by atoms with Crippen LogP contribution in [0.3, 0.4) is 0 Å². The van der Waals surface area contributed by atoms with Crippen LogP contribution >= 0.6 is 0 Å². The van der Waals surface area contributed by atoms with E-state index >= 15 is 0 Å². The SMILES string of the molecule is CCCN(CCC)Cc1cn(CC=C(C)C)c2ccc(-c3cccc(C)c3)cc12. The second kappa shape index (κ2) is 9.93. The van der Waals surface area contributed by atoms with Crippen LogP contribution in [0.1, 0.15) is 51.7 Å². The smallest absolute Gasteiger partial charge is 0.0487 e. The van der Waals surface area contributed by atoms with E-state index in [4.69, 9.17) is 0 Å². The molecular formula is C27H36N2. The van der Waals surface area contributed by atoms with Crippen molar-refractivity contribution in [2.45, 2.75) is 60.5 Å². The van der Waals surface area contributed by atoms with E-state index in [9.17, 15) is 0 Å². The number of aromatic nitrogens is 1. The van der Waals surface area contributed by atoms with Crippen LogP contribution in [0.5, 0.6) is 0 Å². The summed E-state index contributed by atoms with van der Waals surface area (Å²) in [6.45, 7) is 15.3. The number of nitrogens with zero attached hydrogens (tertiary/aromatic N) is 2. The minimum atomic E-state index is 0.935. The molecule has 0 atom stereocenters. The Balaban J connectivity index is 2.06. The van der Waals surface area contributed by atoms with Gasteiger partial charge in [-0.3, -0.25) is 4.90 Å². The van der Waals surface area contributed by atoms with Crippen molar-refractivity contribution in [1.82, 2.24) is 9.47 Å². The Kier molecular flexibility index (Phi) is 7.33. The van der Waals surface area contributed by atoms with Crippen LogP contribution in [0, 0.1) is 6.92 Å². The third-order valence-electron chi connectivity index (χ3n) is 5.48. The summed E-state index contributed by atoms with van der Waals surface area (Å²) in [6.07, 6.45) is 7.09. The lowest BCUT2D eigenvalue weighted by Gasteiger charge is -2.20. The van der Waals surface area contributed by atoms with Crippen molar-refractivity contribution in [2.24, 2.45) is 0 Å². The molecule has 29 heavy (non-hydrogen) atoms. The van der Waals surface area contributed by atoms with E-state index in [2.05, 4.69) is 98.8 Å². The van der Waals surface area contributed by atoms with Gasteiger partial charge >= 0.3 is 0 Å². The molecule has 2 heteroatoms. The van der Waals surface area contributed by atoms with Crippen LogP contribution in [0.15, 0.2) is 60.3 Å². The maximum atomic E-state index is 2.60. The molecule has 0 spiro atoms. The van der Waals surface area contributed by atoms with Gasteiger partial charge in [-0.15, -0.1) is 0 Å². The maximum Gasteiger partial charge on any atom is 0.0487 e. The van der Waals surface area contributed by atoms with Gasteiger partial charge in [0.05, 0.1) is 0 Å². The highest BCUT2D eigenvalue weighted by Crippen LogP contribution is 2.29. The van der Waals surface area contributed by atoms with Crippen molar-refractivity contribution in [3.05, 3.63) is 71.4 Å². The summed E-state index contributed by atoms with van der Waals surface area (Å²) in [7, 11) is 0. The minimum Gasteiger partial charge on any atom is -0.343 e. The van der Waals surface area contributed by atoms with Crippen molar-refractivity contribution in [1.29, 1.82) is 0 Å². The lowest BCUT2D eigenvalue weighted by atomic mass is 10.0. The van der Waals surface area contributed by atoms with Crippen LogP contribution in [0.2, 0.25) is 0 Å². The molecular weight excluding hydrogens is 352 g/mol. The van der Waals surface area contributed by atoms with Crippen LogP contribution in [0.4, 0.5) is 0 Å². The molecule has 0 aliphatic heterocycles.